The molecular weight excluding hydrogens is 568 g/mol. The first-order valence-corrected chi connectivity index (χ1v) is 16.1. The molecule has 0 aliphatic rings. The van der Waals surface area contributed by atoms with Crippen molar-refractivity contribution < 1.29 is 17.9 Å². The normalized spacial score (nSPS) is 11.7. The Morgan fingerprint density at radius 1 is 0.900 bits per heavy atom. The topological polar surface area (TPSA) is 83.1 Å². The number of carbonyl (C=O) groups is 1. The molecule has 0 aliphatic carbocycles. The minimum Gasteiger partial charge on any atom is -0.492 e. The van der Waals surface area contributed by atoms with Crippen molar-refractivity contribution in [3.05, 3.63) is 48.0 Å². The highest BCUT2D eigenvalue weighted by molar-refractivity contribution is 7.89. The highest BCUT2D eigenvalue weighted by atomic mass is 35.5. The molecule has 0 saturated heterocycles. The monoisotopic (exact) mass is 610 g/mol. The van der Waals surface area contributed by atoms with E-state index in [4.69, 9.17) is 9.72 Å². The molecule has 8 nitrogen and oxygen atoms in total. The molecule has 0 N–H and O–H groups in total. The number of sulfonamides is 1. The maximum absolute atomic E-state index is 13.8. The fourth-order valence-corrected chi connectivity index (χ4v) is 6.75. The summed E-state index contributed by atoms with van der Waals surface area (Å²) in [6.07, 6.45) is 4.24. The van der Waals surface area contributed by atoms with Crippen molar-refractivity contribution in [2.75, 3.05) is 51.8 Å². The maximum atomic E-state index is 13.8. The largest absolute Gasteiger partial charge is 0.492 e. The predicted molar refractivity (Wildman–Crippen MR) is 168 cm³/mol. The number of para-hydroxylation sites is 1. The number of fused-ring (bicyclic) bond motifs is 1. The summed E-state index contributed by atoms with van der Waals surface area (Å²) in [7, 11) is 0.370. The molecule has 1 aromatic heterocycles. The van der Waals surface area contributed by atoms with E-state index < -0.39 is 10.0 Å². The van der Waals surface area contributed by atoms with Crippen molar-refractivity contribution in [3.63, 3.8) is 0 Å². The van der Waals surface area contributed by atoms with E-state index in [1.165, 1.54) is 11.3 Å². The Morgan fingerprint density at radius 3 is 2.12 bits per heavy atom. The number of anilines is 1. The number of halogens is 1. The standard InChI is InChI=1S/C29H42N4O4S2.ClH/c1-6-9-20-32(21-10-7-2)39(35,36)24-17-15-23(16-18-24)28(34)33(22-12-19-31(4)5)29-30-27-25(37-8-3)13-11-14-26(27)38-29;/h11,13-18H,6-10,12,19-22H2,1-5H3;1H. The molecule has 1 heterocycles. The molecule has 3 rings (SSSR count). The van der Waals surface area contributed by atoms with E-state index >= 15 is 0 Å². The summed E-state index contributed by atoms with van der Waals surface area (Å²) in [5, 5.41) is 0.600. The van der Waals surface area contributed by atoms with Gasteiger partial charge in [-0.25, -0.2) is 13.4 Å². The Morgan fingerprint density at radius 2 is 1.55 bits per heavy atom. The van der Waals surface area contributed by atoms with Crippen LogP contribution in [0.25, 0.3) is 10.2 Å². The van der Waals surface area contributed by atoms with Crippen molar-refractivity contribution in [1.82, 2.24) is 14.2 Å². The van der Waals surface area contributed by atoms with Gasteiger partial charge in [-0.3, -0.25) is 9.69 Å². The number of ether oxygens (including phenoxy) is 1. The van der Waals surface area contributed by atoms with Crippen molar-refractivity contribution in [1.29, 1.82) is 0 Å². The van der Waals surface area contributed by atoms with Gasteiger partial charge in [0.25, 0.3) is 5.91 Å². The first kappa shape index (κ1) is 34.0. The van der Waals surface area contributed by atoms with Crippen LogP contribution in [0.5, 0.6) is 5.75 Å². The zero-order chi connectivity index (χ0) is 28.4. The summed E-state index contributed by atoms with van der Waals surface area (Å²) >= 11 is 1.45. The minimum atomic E-state index is -3.63. The number of unbranched alkanes of at least 4 members (excludes halogenated alkanes) is 2. The zero-order valence-electron chi connectivity index (χ0n) is 24.3. The quantitative estimate of drug-likeness (QED) is 0.189. The second-order valence-corrected chi connectivity index (χ2v) is 12.7. The van der Waals surface area contributed by atoms with Crippen LogP contribution in [0.2, 0.25) is 0 Å². The Bertz CT molecular complexity index is 1310. The van der Waals surface area contributed by atoms with E-state index in [2.05, 4.69) is 18.7 Å². The number of hydrogen-bond donors (Lipinski definition) is 0. The first-order valence-electron chi connectivity index (χ1n) is 13.8. The molecule has 0 fully saturated rings. The summed E-state index contributed by atoms with van der Waals surface area (Å²) in [4.78, 5) is 22.6. The lowest BCUT2D eigenvalue weighted by Gasteiger charge is -2.23. The summed E-state index contributed by atoms with van der Waals surface area (Å²) in [5.74, 6) is 0.493. The van der Waals surface area contributed by atoms with Gasteiger partial charge in [-0.2, -0.15) is 4.31 Å². The highest BCUT2D eigenvalue weighted by Crippen LogP contribution is 2.35. The van der Waals surface area contributed by atoms with E-state index in [0.29, 0.717) is 42.7 Å². The fourth-order valence-electron chi connectivity index (χ4n) is 4.22. The molecule has 11 heteroatoms. The number of aromatic nitrogens is 1. The van der Waals surface area contributed by atoms with Crippen LogP contribution in [0.1, 0.15) is 63.2 Å². The van der Waals surface area contributed by atoms with Crippen LogP contribution in [-0.4, -0.2) is 75.4 Å². The number of benzene rings is 2. The van der Waals surface area contributed by atoms with Crippen molar-refractivity contribution in [2.45, 2.75) is 57.8 Å². The van der Waals surface area contributed by atoms with Crippen LogP contribution >= 0.6 is 23.7 Å². The molecule has 0 aliphatic heterocycles. The van der Waals surface area contributed by atoms with Crippen molar-refractivity contribution >= 4 is 55.0 Å². The molecular formula is C29H43ClN4O4S2. The van der Waals surface area contributed by atoms with E-state index in [9.17, 15) is 13.2 Å². The van der Waals surface area contributed by atoms with Crippen LogP contribution in [0.4, 0.5) is 5.13 Å². The van der Waals surface area contributed by atoms with Crippen LogP contribution in [-0.2, 0) is 10.0 Å². The molecule has 0 saturated carbocycles. The molecule has 40 heavy (non-hydrogen) atoms. The van der Waals surface area contributed by atoms with E-state index in [0.717, 1.165) is 48.9 Å². The molecule has 1 amide bonds. The molecule has 222 valence electrons. The third-order valence-corrected chi connectivity index (χ3v) is 9.35. The lowest BCUT2D eigenvalue weighted by atomic mass is 10.2. The van der Waals surface area contributed by atoms with Crippen molar-refractivity contribution in [2.24, 2.45) is 0 Å². The van der Waals surface area contributed by atoms with Gasteiger partial charge in [0.15, 0.2) is 5.13 Å². The zero-order valence-corrected chi connectivity index (χ0v) is 26.7. The summed E-state index contributed by atoms with van der Waals surface area (Å²) in [6.45, 7) is 8.88. The Labute approximate surface area is 249 Å². The molecule has 3 aromatic rings. The number of amides is 1. The second-order valence-electron chi connectivity index (χ2n) is 9.78. The predicted octanol–water partition coefficient (Wildman–Crippen LogP) is 6.31. The number of hydrogen-bond acceptors (Lipinski definition) is 7. The average Bonchev–Trinajstić information content (AvgIpc) is 3.36. The van der Waals surface area contributed by atoms with E-state index in [1.807, 2.05) is 39.2 Å². The number of nitrogens with zero attached hydrogens (tertiary/aromatic N) is 4. The highest BCUT2D eigenvalue weighted by Gasteiger charge is 2.26. The Balaban J connectivity index is 0.00000560. The number of thiazole rings is 1. The SMILES string of the molecule is CCCCN(CCCC)S(=O)(=O)c1ccc(C(=O)N(CCCN(C)C)c2nc3c(OCC)cccc3s2)cc1.Cl. The van der Waals surface area contributed by atoms with Crippen LogP contribution < -0.4 is 9.64 Å². The van der Waals surface area contributed by atoms with Gasteiger partial charge in [0.1, 0.15) is 11.3 Å². The van der Waals surface area contributed by atoms with Crippen LogP contribution in [0.3, 0.4) is 0 Å². The second kappa shape index (κ2) is 16.3. The summed E-state index contributed by atoms with van der Waals surface area (Å²) < 4.78 is 35.0. The van der Waals surface area contributed by atoms with Gasteiger partial charge in [0.2, 0.25) is 10.0 Å². The van der Waals surface area contributed by atoms with Gasteiger partial charge < -0.3 is 9.64 Å². The summed E-state index contributed by atoms with van der Waals surface area (Å²) in [6, 6.07) is 12.1. The van der Waals surface area contributed by atoms with Crippen LogP contribution in [0.15, 0.2) is 47.4 Å². The molecule has 0 spiro atoms. The van der Waals surface area contributed by atoms with Gasteiger partial charge in [0, 0.05) is 25.2 Å². The van der Waals surface area contributed by atoms with Gasteiger partial charge in [-0.15, -0.1) is 12.4 Å². The van der Waals surface area contributed by atoms with Crippen molar-refractivity contribution in [3.8, 4) is 5.75 Å². The third-order valence-electron chi connectivity index (χ3n) is 6.39. The summed E-state index contributed by atoms with van der Waals surface area (Å²) in [5.41, 5.74) is 1.17. The number of carbonyl (C=O) groups excluding carboxylic acids is 1. The van der Waals surface area contributed by atoms with E-state index in [-0.39, 0.29) is 23.2 Å². The molecule has 0 radical (unpaired) electrons. The average molecular weight is 611 g/mol. The Hall–Kier alpha value is -2.24. The molecule has 2 aromatic carbocycles. The maximum Gasteiger partial charge on any atom is 0.260 e. The van der Waals surface area contributed by atoms with E-state index in [1.54, 1.807) is 33.5 Å². The van der Waals surface area contributed by atoms with Gasteiger partial charge >= 0.3 is 0 Å². The lowest BCUT2D eigenvalue weighted by Crippen LogP contribution is -2.34. The third kappa shape index (κ3) is 8.63. The van der Waals surface area contributed by atoms with Gasteiger partial charge in [-0.05, 0) is 83.2 Å². The Kier molecular flexibility index (Phi) is 13.8. The van der Waals surface area contributed by atoms with Gasteiger partial charge in [0.05, 0.1) is 16.2 Å². The molecule has 0 atom stereocenters. The fraction of sp³-hybridized carbons (Fsp3) is 0.517. The smallest absolute Gasteiger partial charge is 0.260 e. The lowest BCUT2D eigenvalue weighted by molar-refractivity contribution is 0.0986. The first-order chi connectivity index (χ1) is 18.7. The number of rotatable bonds is 16. The van der Waals surface area contributed by atoms with Gasteiger partial charge in [-0.1, -0.05) is 44.1 Å². The van der Waals surface area contributed by atoms with Crippen LogP contribution in [0, 0.1) is 0 Å². The molecule has 0 bridgehead atoms. The molecule has 0 unspecified atom stereocenters. The minimum absolute atomic E-state index is 0.